The normalized spacial score (nSPS) is 22.7. The lowest BCUT2D eigenvalue weighted by molar-refractivity contribution is -0.130. The van der Waals surface area contributed by atoms with Crippen molar-refractivity contribution < 1.29 is 4.79 Å². The van der Waals surface area contributed by atoms with Crippen LogP contribution in [0.3, 0.4) is 0 Å². The van der Waals surface area contributed by atoms with Crippen molar-refractivity contribution in [1.29, 1.82) is 0 Å². The summed E-state index contributed by atoms with van der Waals surface area (Å²) >= 11 is 5.85. The lowest BCUT2D eigenvalue weighted by Crippen LogP contribution is -2.49. The molecule has 1 amide bonds. The molecule has 2 atom stereocenters. The van der Waals surface area contributed by atoms with Crippen LogP contribution in [0.5, 0.6) is 0 Å². The summed E-state index contributed by atoms with van der Waals surface area (Å²) in [6.07, 6.45) is 6.73. The Morgan fingerprint density at radius 2 is 2.14 bits per heavy atom. The Morgan fingerprint density at radius 3 is 2.76 bits per heavy atom. The van der Waals surface area contributed by atoms with Crippen LogP contribution in [0.2, 0.25) is 5.02 Å². The zero-order chi connectivity index (χ0) is 15.2. The molecular weight excluding hydrogens is 284 g/mol. The molecule has 1 saturated heterocycles. The van der Waals surface area contributed by atoms with Crippen LogP contribution in [0.4, 0.5) is 0 Å². The van der Waals surface area contributed by atoms with Gasteiger partial charge in [0.05, 0.1) is 0 Å². The Bertz CT molecular complexity index is 498. The molecular formula is C17H23ClN2O. The molecule has 1 aromatic carbocycles. The van der Waals surface area contributed by atoms with Crippen LogP contribution in [0.1, 0.15) is 31.7 Å². The zero-order valence-corrected chi connectivity index (χ0v) is 13.2. The second-order valence-corrected chi connectivity index (χ2v) is 6.04. The Balaban J connectivity index is 2.00. The topological polar surface area (TPSA) is 46.3 Å². The third-order valence-electron chi connectivity index (χ3n) is 4.25. The van der Waals surface area contributed by atoms with Gasteiger partial charge in [0.2, 0.25) is 5.91 Å². The third-order valence-corrected chi connectivity index (χ3v) is 4.50. The molecule has 21 heavy (non-hydrogen) atoms. The SMILES string of the molecule is CCC1CCN(C(=O)/C=C/c2ccc(Cl)cc2)C(CN)C1. The molecule has 1 heterocycles. The number of carbonyl (C=O) groups is 1. The highest BCUT2D eigenvalue weighted by Crippen LogP contribution is 2.25. The predicted octanol–water partition coefficient (Wildman–Crippen LogP) is 3.33. The summed E-state index contributed by atoms with van der Waals surface area (Å²) in [5, 5.41) is 0.698. The quantitative estimate of drug-likeness (QED) is 0.867. The van der Waals surface area contributed by atoms with E-state index in [1.807, 2.05) is 35.2 Å². The fraction of sp³-hybridized carbons (Fsp3) is 0.471. The highest BCUT2D eigenvalue weighted by Gasteiger charge is 2.28. The number of piperidine rings is 1. The van der Waals surface area contributed by atoms with Crippen LogP contribution < -0.4 is 5.73 Å². The Labute approximate surface area is 131 Å². The largest absolute Gasteiger partial charge is 0.335 e. The Kier molecular flexibility index (Phi) is 5.83. The van der Waals surface area contributed by atoms with Crippen molar-refractivity contribution in [1.82, 2.24) is 4.90 Å². The average molecular weight is 307 g/mol. The van der Waals surface area contributed by atoms with Gasteiger partial charge in [-0.05, 0) is 42.5 Å². The van der Waals surface area contributed by atoms with Gasteiger partial charge in [-0.3, -0.25) is 4.79 Å². The van der Waals surface area contributed by atoms with Gasteiger partial charge in [0.15, 0.2) is 0 Å². The van der Waals surface area contributed by atoms with Gasteiger partial charge in [0.25, 0.3) is 0 Å². The van der Waals surface area contributed by atoms with Crippen molar-refractivity contribution in [2.45, 2.75) is 32.2 Å². The van der Waals surface area contributed by atoms with Gasteiger partial charge in [-0.25, -0.2) is 0 Å². The maximum Gasteiger partial charge on any atom is 0.246 e. The van der Waals surface area contributed by atoms with Gasteiger partial charge in [-0.2, -0.15) is 0 Å². The number of benzene rings is 1. The lowest BCUT2D eigenvalue weighted by Gasteiger charge is -2.38. The molecule has 2 N–H and O–H groups in total. The molecule has 0 aromatic heterocycles. The number of amides is 1. The molecule has 2 rings (SSSR count). The highest BCUT2D eigenvalue weighted by molar-refractivity contribution is 6.30. The number of carbonyl (C=O) groups excluding carboxylic acids is 1. The molecule has 0 radical (unpaired) electrons. The van der Waals surface area contributed by atoms with Crippen molar-refractivity contribution in [3.05, 3.63) is 40.9 Å². The third kappa shape index (κ3) is 4.32. The van der Waals surface area contributed by atoms with Crippen molar-refractivity contribution in [3.8, 4) is 0 Å². The number of rotatable bonds is 4. The minimum atomic E-state index is 0.0509. The van der Waals surface area contributed by atoms with E-state index in [1.165, 1.54) is 6.42 Å². The summed E-state index contributed by atoms with van der Waals surface area (Å²) in [5.41, 5.74) is 6.81. The van der Waals surface area contributed by atoms with Crippen molar-refractivity contribution >= 4 is 23.6 Å². The fourth-order valence-corrected chi connectivity index (χ4v) is 2.98. The standard InChI is InChI=1S/C17H23ClN2O/c1-2-13-9-10-20(16(11-13)12-19)17(21)8-5-14-3-6-15(18)7-4-14/h3-8,13,16H,2,9-12,19H2,1H3/b8-5+. The van der Waals surface area contributed by atoms with E-state index in [1.54, 1.807) is 6.08 Å². The molecule has 0 bridgehead atoms. The van der Waals surface area contributed by atoms with E-state index >= 15 is 0 Å². The van der Waals surface area contributed by atoms with Gasteiger partial charge < -0.3 is 10.6 Å². The molecule has 3 nitrogen and oxygen atoms in total. The Hall–Kier alpha value is -1.32. The molecule has 1 aliphatic heterocycles. The van der Waals surface area contributed by atoms with E-state index in [0.717, 1.165) is 24.9 Å². The summed E-state index contributed by atoms with van der Waals surface area (Å²) in [6, 6.07) is 7.61. The molecule has 1 aromatic rings. The summed E-state index contributed by atoms with van der Waals surface area (Å²) < 4.78 is 0. The van der Waals surface area contributed by atoms with Crippen molar-refractivity contribution in [2.24, 2.45) is 11.7 Å². The van der Waals surface area contributed by atoms with Crippen LogP contribution in [0.15, 0.2) is 30.3 Å². The van der Waals surface area contributed by atoms with Crippen LogP contribution in [0, 0.1) is 5.92 Å². The second kappa shape index (κ2) is 7.62. The monoisotopic (exact) mass is 306 g/mol. The first kappa shape index (κ1) is 16.1. The Morgan fingerprint density at radius 1 is 1.43 bits per heavy atom. The lowest BCUT2D eigenvalue weighted by atomic mass is 9.89. The molecule has 1 fully saturated rings. The van der Waals surface area contributed by atoms with E-state index in [0.29, 0.717) is 17.5 Å². The summed E-state index contributed by atoms with van der Waals surface area (Å²) in [6.45, 7) is 3.55. The van der Waals surface area contributed by atoms with Crippen LogP contribution in [-0.4, -0.2) is 29.9 Å². The average Bonchev–Trinajstić information content (AvgIpc) is 2.53. The minimum absolute atomic E-state index is 0.0509. The molecule has 0 aliphatic carbocycles. The van der Waals surface area contributed by atoms with Gasteiger partial charge in [0.1, 0.15) is 0 Å². The molecule has 2 unspecified atom stereocenters. The maximum absolute atomic E-state index is 12.4. The number of nitrogens with zero attached hydrogens (tertiary/aromatic N) is 1. The zero-order valence-electron chi connectivity index (χ0n) is 12.5. The van der Waals surface area contributed by atoms with Gasteiger partial charge in [-0.15, -0.1) is 0 Å². The molecule has 0 spiro atoms. The van der Waals surface area contributed by atoms with Gasteiger partial charge in [0, 0.05) is 30.2 Å². The van der Waals surface area contributed by atoms with Gasteiger partial charge in [-0.1, -0.05) is 37.1 Å². The fourth-order valence-electron chi connectivity index (χ4n) is 2.86. The summed E-state index contributed by atoms with van der Waals surface area (Å²) in [5.74, 6) is 0.748. The molecule has 1 aliphatic rings. The minimum Gasteiger partial charge on any atom is -0.335 e. The van der Waals surface area contributed by atoms with E-state index in [4.69, 9.17) is 17.3 Å². The summed E-state index contributed by atoms with van der Waals surface area (Å²) in [7, 11) is 0. The van der Waals surface area contributed by atoms with E-state index in [-0.39, 0.29) is 11.9 Å². The predicted molar refractivity (Wildman–Crippen MR) is 88.1 cm³/mol. The molecule has 0 saturated carbocycles. The van der Waals surface area contributed by atoms with E-state index < -0.39 is 0 Å². The van der Waals surface area contributed by atoms with Crippen molar-refractivity contribution in [2.75, 3.05) is 13.1 Å². The maximum atomic E-state index is 12.4. The molecule has 4 heteroatoms. The summed E-state index contributed by atoms with van der Waals surface area (Å²) in [4.78, 5) is 14.3. The van der Waals surface area contributed by atoms with E-state index in [2.05, 4.69) is 6.92 Å². The van der Waals surface area contributed by atoms with Crippen LogP contribution >= 0.6 is 11.6 Å². The van der Waals surface area contributed by atoms with E-state index in [9.17, 15) is 4.79 Å². The number of likely N-dealkylation sites (tertiary alicyclic amines) is 1. The number of nitrogens with two attached hydrogens (primary N) is 1. The van der Waals surface area contributed by atoms with Crippen LogP contribution in [0.25, 0.3) is 6.08 Å². The number of halogens is 1. The molecule has 114 valence electrons. The number of hydrogen-bond donors (Lipinski definition) is 1. The second-order valence-electron chi connectivity index (χ2n) is 5.60. The highest BCUT2D eigenvalue weighted by atomic mass is 35.5. The first-order valence-corrected chi connectivity index (χ1v) is 7.96. The van der Waals surface area contributed by atoms with Gasteiger partial charge >= 0.3 is 0 Å². The smallest absolute Gasteiger partial charge is 0.246 e. The van der Waals surface area contributed by atoms with Crippen molar-refractivity contribution in [3.63, 3.8) is 0 Å². The van der Waals surface area contributed by atoms with Crippen LogP contribution in [-0.2, 0) is 4.79 Å². The first-order valence-electron chi connectivity index (χ1n) is 7.58. The first-order chi connectivity index (χ1) is 10.1. The number of hydrogen-bond acceptors (Lipinski definition) is 2.